The van der Waals surface area contributed by atoms with Crippen LogP contribution in [0.2, 0.25) is 10.0 Å². The van der Waals surface area contributed by atoms with Gasteiger partial charge in [-0.3, -0.25) is 4.98 Å². The van der Waals surface area contributed by atoms with Gasteiger partial charge in [0.15, 0.2) is 0 Å². The number of aromatic nitrogens is 1. The number of urea groups is 1. The molecule has 0 aliphatic heterocycles. The minimum atomic E-state index is -0.234. The summed E-state index contributed by atoms with van der Waals surface area (Å²) in [6, 6.07) is 8.64. The average molecular weight is 338 g/mol. The smallest absolute Gasteiger partial charge is 0.315 e. The van der Waals surface area contributed by atoms with Crippen molar-refractivity contribution < 1.29 is 4.79 Å². The largest absolute Gasteiger partial charge is 0.338 e. The highest BCUT2D eigenvalue weighted by Gasteiger charge is 2.12. The van der Waals surface area contributed by atoms with Crippen LogP contribution in [0.5, 0.6) is 0 Å². The van der Waals surface area contributed by atoms with Crippen molar-refractivity contribution in [3.8, 4) is 0 Å². The lowest BCUT2D eigenvalue weighted by Gasteiger charge is -2.16. The van der Waals surface area contributed by atoms with Crippen LogP contribution in [0.15, 0.2) is 42.7 Å². The van der Waals surface area contributed by atoms with Crippen LogP contribution in [0, 0.1) is 0 Å². The standard InChI is InChI=1S/C16H17Cl2N3O/c1-11(14-5-4-13(17)9-15(14)18)21-16(22)20-8-6-12-3-2-7-19-10-12/h2-5,7,9-11H,6,8H2,1H3,(H2,20,21,22)/t11-/m0/s1. The second kappa shape index (κ2) is 8.01. The van der Waals surface area contributed by atoms with Crippen molar-refractivity contribution in [1.82, 2.24) is 15.6 Å². The van der Waals surface area contributed by atoms with Crippen LogP contribution in [0.3, 0.4) is 0 Å². The van der Waals surface area contributed by atoms with Gasteiger partial charge in [0.25, 0.3) is 0 Å². The molecule has 0 radical (unpaired) electrons. The van der Waals surface area contributed by atoms with Crippen LogP contribution >= 0.6 is 23.2 Å². The van der Waals surface area contributed by atoms with Gasteiger partial charge in [0, 0.05) is 29.0 Å². The number of nitrogens with one attached hydrogen (secondary N) is 2. The van der Waals surface area contributed by atoms with Gasteiger partial charge in [-0.05, 0) is 42.7 Å². The van der Waals surface area contributed by atoms with Gasteiger partial charge in [0.05, 0.1) is 6.04 Å². The van der Waals surface area contributed by atoms with Crippen molar-refractivity contribution >= 4 is 29.2 Å². The number of carbonyl (C=O) groups is 1. The van der Waals surface area contributed by atoms with Crippen molar-refractivity contribution in [3.63, 3.8) is 0 Å². The summed E-state index contributed by atoms with van der Waals surface area (Å²) in [6.45, 7) is 2.41. The van der Waals surface area contributed by atoms with E-state index in [0.717, 1.165) is 17.5 Å². The predicted octanol–water partition coefficient (Wildman–Crippen LogP) is 3.99. The topological polar surface area (TPSA) is 54.0 Å². The molecule has 1 atom stereocenters. The van der Waals surface area contributed by atoms with Crippen LogP contribution in [-0.4, -0.2) is 17.6 Å². The maximum absolute atomic E-state index is 11.9. The first kappa shape index (κ1) is 16.6. The molecule has 0 saturated carbocycles. The van der Waals surface area contributed by atoms with Crippen LogP contribution in [0.4, 0.5) is 4.79 Å². The van der Waals surface area contributed by atoms with E-state index in [1.165, 1.54) is 0 Å². The van der Waals surface area contributed by atoms with Gasteiger partial charge in [-0.2, -0.15) is 0 Å². The molecule has 1 aromatic carbocycles. The molecule has 2 N–H and O–H groups in total. The summed E-state index contributed by atoms with van der Waals surface area (Å²) in [5.74, 6) is 0. The molecule has 6 heteroatoms. The highest BCUT2D eigenvalue weighted by atomic mass is 35.5. The van der Waals surface area contributed by atoms with E-state index in [1.54, 1.807) is 24.5 Å². The van der Waals surface area contributed by atoms with Gasteiger partial charge in [0.1, 0.15) is 0 Å². The van der Waals surface area contributed by atoms with E-state index in [2.05, 4.69) is 15.6 Å². The number of halogens is 2. The van der Waals surface area contributed by atoms with Gasteiger partial charge < -0.3 is 10.6 Å². The van der Waals surface area contributed by atoms with Crippen LogP contribution in [0.25, 0.3) is 0 Å². The summed E-state index contributed by atoms with van der Waals surface area (Å²) in [5, 5.41) is 6.77. The molecule has 2 amide bonds. The zero-order valence-electron chi connectivity index (χ0n) is 12.1. The molecular formula is C16H17Cl2N3O. The Hall–Kier alpha value is -1.78. The number of carbonyl (C=O) groups excluding carboxylic acids is 1. The van der Waals surface area contributed by atoms with E-state index in [1.807, 2.05) is 25.1 Å². The van der Waals surface area contributed by atoms with E-state index in [9.17, 15) is 4.79 Å². The third-order valence-corrected chi connectivity index (χ3v) is 3.76. The monoisotopic (exact) mass is 337 g/mol. The van der Waals surface area contributed by atoms with Crippen LogP contribution < -0.4 is 10.6 Å². The van der Waals surface area contributed by atoms with Crippen LogP contribution in [0.1, 0.15) is 24.1 Å². The first-order valence-electron chi connectivity index (χ1n) is 6.94. The summed E-state index contributed by atoms with van der Waals surface area (Å²) in [5.41, 5.74) is 1.91. The molecule has 4 nitrogen and oxygen atoms in total. The predicted molar refractivity (Wildman–Crippen MR) is 89.4 cm³/mol. The number of hydrogen-bond donors (Lipinski definition) is 2. The second-order valence-electron chi connectivity index (χ2n) is 4.90. The lowest BCUT2D eigenvalue weighted by Crippen LogP contribution is -2.38. The normalized spacial score (nSPS) is 11.8. The summed E-state index contributed by atoms with van der Waals surface area (Å²) < 4.78 is 0. The minimum absolute atomic E-state index is 0.205. The van der Waals surface area contributed by atoms with E-state index in [4.69, 9.17) is 23.2 Å². The summed E-state index contributed by atoms with van der Waals surface area (Å²) >= 11 is 12.0. The molecule has 0 bridgehead atoms. The van der Waals surface area contributed by atoms with Crippen LogP contribution in [-0.2, 0) is 6.42 Å². The second-order valence-corrected chi connectivity index (χ2v) is 5.74. The maximum atomic E-state index is 11.9. The minimum Gasteiger partial charge on any atom is -0.338 e. The molecule has 116 valence electrons. The van der Waals surface area contributed by atoms with Crippen molar-refractivity contribution in [2.75, 3.05) is 6.54 Å². The third-order valence-electron chi connectivity index (χ3n) is 3.20. The molecule has 0 saturated heterocycles. The highest BCUT2D eigenvalue weighted by molar-refractivity contribution is 6.35. The Bertz CT molecular complexity index is 635. The number of benzene rings is 1. The Morgan fingerprint density at radius 2 is 2.14 bits per heavy atom. The molecule has 0 aliphatic rings. The Balaban J connectivity index is 1.81. The molecule has 22 heavy (non-hydrogen) atoms. The summed E-state index contributed by atoms with van der Waals surface area (Å²) in [7, 11) is 0. The molecular weight excluding hydrogens is 321 g/mol. The van der Waals surface area contributed by atoms with Crippen molar-refractivity contribution in [2.24, 2.45) is 0 Å². The number of pyridine rings is 1. The van der Waals surface area contributed by atoms with Gasteiger partial charge in [0.2, 0.25) is 0 Å². The molecule has 1 heterocycles. The SMILES string of the molecule is C[C@H](NC(=O)NCCc1cccnc1)c1ccc(Cl)cc1Cl. The molecule has 2 rings (SSSR count). The molecule has 0 unspecified atom stereocenters. The lowest BCUT2D eigenvalue weighted by atomic mass is 10.1. The van der Waals surface area contributed by atoms with Gasteiger partial charge in [-0.25, -0.2) is 4.79 Å². The first-order valence-corrected chi connectivity index (χ1v) is 7.70. The fraction of sp³-hybridized carbons (Fsp3) is 0.250. The Morgan fingerprint density at radius 1 is 1.32 bits per heavy atom. The quantitative estimate of drug-likeness (QED) is 0.866. The Morgan fingerprint density at radius 3 is 2.82 bits per heavy atom. The number of amides is 2. The zero-order chi connectivity index (χ0) is 15.9. The van der Waals surface area contributed by atoms with E-state index < -0.39 is 0 Å². The van der Waals surface area contributed by atoms with E-state index in [0.29, 0.717) is 16.6 Å². The number of hydrogen-bond acceptors (Lipinski definition) is 2. The maximum Gasteiger partial charge on any atom is 0.315 e. The summed E-state index contributed by atoms with van der Waals surface area (Å²) in [4.78, 5) is 15.9. The summed E-state index contributed by atoms with van der Waals surface area (Å²) in [6.07, 6.45) is 4.24. The molecule has 2 aromatic rings. The zero-order valence-corrected chi connectivity index (χ0v) is 13.7. The van der Waals surface area contributed by atoms with Crippen molar-refractivity contribution in [1.29, 1.82) is 0 Å². The molecule has 0 fully saturated rings. The van der Waals surface area contributed by atoms with Crippen molar-refractivity contribution in [3.05, 3.63) is 63.9 Å². The molecule has 1 aromatic heterocycles. The lowest BCUT2D eigenvalue weighted by molar-refractivity contribution is 0.238. The fourth-order valence-corrected chi connectivity index (χ4v) is 2.62. The molecule has 0 spiro atoms. The van der Waals surface area contributed by atoms with Gasteiger partial charge in [-0.1, -0.05) is 35.3 Å². The average Bonchev–Trinajstić information content (AvgIpc) is 2.48. The molecule has 0 aliphatic carbocycles. The number of rotatable bonds is 5. The fourth-order valence-electron chi connectivity index (χ4n) is 2.04. The number of nitrogens with zero attached hydrogens (tertiary/aromatic N) is 1. The third kappa shape index (κ3) is 4.90. The Labute approximate surface area is 139 Å². The van der Waals surface area contributed by atoms with Gasteiger partial charge >= 0.3 is 6.03 Å². The first-order chi connectivity index (χ1) is 10.6. The van der Waals surface area contributed by atoms with E-state index in [-0.39, 0.29) is 12.1 Å². The van der Waals surface area contributed by atoms with Gasteiger partial charge in [-0.15, -0.1) is 0 Å². The van der Waals surface area contributed by atoms with E-state index >= 15 is 0 Å². The van der Waals surface area contributed by atoms with Crippen molar-refractivity contribution in [2.45, 2.75) is 19.4 Å². The highest BCUT2D eigenvalue weighted by Crippen LogP contribution is 2.25. The Kier molecular flexibility index (Phi) is 6.04.